The second-order valence-electron chi connectivity index (χ2n) is 9.81. The normalized spacial score (nSPS) is 19.2. The third kappa shape index (κ3) is 3.97. The van der Waals surface area contributed by atoms with Crippen molar-refractivity contribution in [3.05, 3.63) is 71.0 Å². The van der Waals surface area contributed by atoms with Crippen LogP contribution in [-0.2, 0) is 5.41 Å². The number of rotatable bonds is 4. The molecule has 1 saturated carbocycles. The molecule has 0 aliphatic heterocycles. The molecule has 0 bridgehead atoms. The van der Waals surface area contributed by atoms with E-state index in [9.17, 15) is 0 Å². The molecule has 2 nitrogen and oxygen atoms in total. The minimum absolute atomic E-state index is 0.220. The first-order chi connectivity index (χ1) is 14.2. The van der Waals surface area contributed by atoms with Crippen molar-refractivity contribution in [3.63, 3.8) is 0 Å². The predicted octanol–water partition coefficient (Wildman–Crippen LogP) is 7.96. The molecule has 2 heteroatoms. The van der Waals surface area contributed by atoms with E-state index in [4.69, 9.17) is 4.98 Å². The lowest BCUT2D eigenvalue weighted by molar-refractivity contribution is 0.529. The van der Waals surface area contributed by atoms with E-state index in [1.165, 1.54) is 52.8 Å². The van der Waals surface area contributed by atoms with Crippen molar-refractivity contribution >= 4 is 0 Å². The molecule has 1 atom stereocenters. The van der Waals surface area contributed by atoms with Crippen LogP contribution in [0.3, 0.4) is 0 Å². The van der Waals surface area contributed by atoms with E-state index in [1.54, 1.807) is 0 Å². The van der Waals surface area contributed by atoms with Gasteiger partial charge >= 0.3 is 0 Å². The Kier molecular flexibility index (Phi) is 6.26. The van der Waals surface area contributed by atoms with Crippen LogP contribution < -0.4 is 0 Å². The number of unbranched alkanes of at least 4 members (excludes halogenated alkanes) is 1. The van der Waals surface area contributed by atoms with E-state index in [1.807, 2.05) is 6.20 Å². The summed E-state index contributed by atoms with van der Waals surface area (Å²) in [5.74, 6) is 1.04. The van der Waals surface area contributed by atoms with Crippen LogP contribution in [0.4, 0.5) is 0 Å². The molecule has 1 fully saturated rings. The number of hydrogen-bond donors (Lipinski definition) is 0. The van der Waals surface area contributed by atoms with Crippen LogP contribution in [0, 0.1) is 26.2 Å². The molecule has 30 heavy (non-hydrogen) atoms. The predicted molar refractivity (Wildman–Crippen MR) is 130 cm³/mol. The number of imidazole rings is 1. The lowest BCUT2D eigenvalue weighted by Crippen LogP contribution is -2.12. The van der Waals surface area contributed by atoms with Crippen LogP contribution in [0.1, 0.15) is 76.1 Å². The zero-order chi connectivity index (χ0) is 22.1. The number of aryl methyl sites for hydroxylation is 3. The summed E-state index contributed by atoms with van der Waals surface area (Å²) in [6.45, 7) is 18.0. The van der Waals surface area contributed by atoms with E-state index in [-0.39, 0.29) is 5.41 Å². The third-order valence-electron chi connectivity index (χ3n) is 6.94. The average molecular weight is 403 g/mol. The van der Waals surface area contributed by atoms with Gasteiger partial charge in [0.15, 0.2) is 0 Å². The van der Waals surface area contributed by atoms with Gasteiger partial charge in [-0.3, -0.25) is 4.57 Å². The van der Waals surface area contributed by atoms with E-state index in [0.29, 0.717) is 5.41 Å². The first-order valence-corrected chi connectivity index (χ1v) is 11.4. The topological polar surface area (TPSA) is 17.8 Å². The van der Waals surface area contributed by atoms with Crippen molar-refractivity contribution in [2.45, 2.75) is 80.1 Å². The van der Waals surface area contributed by atoms with Gasteiger partial charge in [0.25, 0.3) is 0 Å². The van der Waals surface area contributed by atoms with Gasteiger partial charge < -0.3 is 0 Å². The molecular weight excluding hydrogens is 364 g/mol. The maximum absolute atomic E-state index is 4.78. The smallest absolute Gasteiger partial charge is 0.144 e. The summed E-state index contributed by atoms with van der Waals surface area (Å²) in [7, 11) is 0. The standard InChI is InChI=1S/C24H28N2.C4H10/c1-16-13-17(2)21(18(3)14-16)26-12-11-25-22(26)19-9-7-8-10-20(19)24(6)15-23(24,4)5;1-3-4-2/h7-14H,15H2,1-6H3;3-4H2,1-2H3. The minimum atomic E-state index is 0.220. The van der Waals surface area contributed by atoms with Gasteiger partial charge in [0.05, 0.1) is 5.69 Å². The lowest BCUT2D eigenvalue weighted by Gasteiger charge is -2.21. The van der Waals surface area contributed by atoms with E-state index in [0.717, 1.165) is 5.82 Å². The molecule has 0 radical (unpaired) electrons. The number of hydrogen-bond acceptors (Lipinski definition) is 1. The van der Waals surface area contributed by atoms with Gasteiger partial charge in [-0.1, -0.05) is 89.4 Å². The monoisotopic (exact) mass is 402 g/mol. The molecule has 0 saturated heterocycles. The fourth-order valence-corrected chi connectivity index (χ4v) is 4.69. The molecule has 1 aliphatic carbocycles. The molecule has 1 aliphatic rings. The van der Waals surface area contributed by atoms with E-state index >= 15 is 0 Å². The highest BCUT2D eigenvalue weighted by Crippen LogP contribution is 2.65. The third-order valence-corrected chi connectivity index (χ3v) is 6.94. The molecule has 1 unspecified atom stereocenters. The van der Waals surface area contributed by atoms with Crippen LogP contribution in [0.5, 0.6) is 0 Å². The first kappa shape index (κ1) is 22.3. The second-order valence-corrected chi connectivity index (χ2v) is 9.81. The Bertz CT molecular complexity index is 1000. The van der Waals surface area contributed by atoms with Gasteiger partial charge in [-0.15, -0.1) is 0 Å². The SMILES string of the molecule is CCCC.Cc1cc(C)c(-n2ccnc2-c2ccccc2C2(C)CC2(C)C)c(C)c1. The fourth-order valence-electron chi connectivity index (χ4n) is 4.69. The van der Waals surface area contributed by atoms with Crippen molar-refractivity contribution in [2.24, 2.45) is 5.41 Å². The second kappa shape index (κ2) is 8.41. The zero-order valence-corrected chi connectivity index (χ0v) is 20.1. The Morgan fingerprint density at radius 2 is 1.50 bits per heavy atom. The van der Waals surface area contributed by atoms with Crippen LogP contribution in [-0.4, -0.2) is 9.55 Å². The highest BCUT2D eigenvalue weighted by Gasteiger charge is 2.59. The molecule has 0 spiro atoms. The van der Waals surface area contributed by atoms with Crippen LogP contribution in [0.25, 0.3) is 17.1 Å². The van der Waals surface area contributed by atoms with Crippen molar-refractivity contribution in [2.75, 3.05) is 0 Å². The minimum Gasteiger partial charge on any atom is -0.299 e. The van der Waals surface area contributed by atoms with Crippen molar-refractivity contribution in [3.8, 4) is 17.1 Å². The average Bonchev–Trinajstić information content (AvgIpc) is 3.02. The van der Waals surface area contributed by atoms with Crippen LogP contribution >= 0.6 is 0 Å². The molecule has 1 heterocycles. The Labute approximate surface area is 183 Å². The summed E-state index contributed by atoms with van der Waals surface area (Å²) in [5, 5.41) is 0. The first-order valence-electron chi connectivity index (χ1n) is 11.4. The molecule has 0 N–H and O–H groups in total. The largest absolute Gasteiger partial charge is 0.299 e. The number of benzene rings is 2. The Hall–Kier alpha value is -2.35. The van der Waals surface area contributed by atoms with Gasteiger partial charge in [0, 0.05) is 18.0 Å². The van der Waals surface area contributed by atoms with Crippen molar-refractivity contribution in [1.82, 2.24) is 9.55 Å². The summed E-state index contributed by atoms with van der Waals surface area (Å²) in [5.41, 5.74) is 8.36. The quantitative estimate of drug-likeness (QED) is 0.433. The molecule has 160 valence electrons. The Balaban J connectivity index is 0.000000589. The molecule has 1 aromatic heterocycles. The molecular formula is C28H38N2. The summed E-state index contributed by atoms with van der Waals surface area (Å²) < 4.78 is 2.27. The van der Waals surface area contributed by atoms with Crippen molar-refractivity contribution in [1.29, 1.82) is 0 Å². The van der Waals surface area contributed by atoms with Gasteiger partial charge in [0.2, 0.25) is 0 Å². The Morgan fingerprint density at radius 3 is 2.03 bits per heavy atom. The fraction of sp³-hybridized carbons (Fsp3) is 0.464. The highest BCUT2D eigenvalue weighted by atomic mass is 15.1. The lowest BCUT2D eigenvalue weighted by atomic mass is 9.86. The molecule has 0 amide bonds. The summed E-state index contributed by atoms with van der Waals surface area (Å²) in [6, 6.07) is 13.3. The summed E-state index contributed by atoms with van der Waals surface area (Å²) in [4.78, 5) is 4.78. The summed E-state index contributed by atoms with van der Waals surface area (Å²) in [6.07, 6.45) is 7.88. The van der Waals surface area contributed by atoms with Gasteiger partial charge in [-0.05, 0) is 54.7 Å². The highest BCUT2D eigenvalue weighted by molar-refractivity contribution is 5.68. The van der Waals surface area contributed by atoms with E-state index in [2.05, 4.69) is 103 Å². The summed E-state index contributed by atoms with van der Waals surface area (Å²) >= 11 is 0. The van der Waals surface area contributed by atoms with Gasteiger partial charge in [-0.2, -0.15) is 0 Å². The van der Waals surface area contributed by atoms with Crippen LogP contribution in [0.2, 0.25) is 0 Å². The molecule has 4 rings (SSSR count). The maximum atomic E-state index is 4.78. The molecule has 2 aromatic carbocycles. The van der Waals surface area contributed by atoms with Crippen LogP contribution in [0.15, 0.2) is 48.8 Å². The van der Waals surface area contributed by atoms with Gasteiger partial charge in [-0.25, -0.2) is 4.98 Å². The molecule has 3 aromatic rings. The number of nitrogens with zero attached hydrogens (tertiary/aromatic N) is 2. The maximum Gasteiger partial charge on any atom is 0.144 e. The zero-order valence-electron chi connectivity index (χ0n) is 20.1. The van der Waals surface area contributed by atoms with Crippen molar-refractivity contribution < 1.29 is 0 Å². The Morgan fingerprint density at radius 1 is 0.933 bits per heavy atom. The van der Waals surface area contributed by atoms with Gasteiger partial charge in [0.1, 0.15) is 5.82 Å². The number of aromatic nitrogens is 2. The van der Waals surface area contributed by atoms with E-state index < -0.39 is 0 Å².